The van der Waals surface area contributed by atoms with Gasteiger partial charge in [-0.2, -0.15) is 11.3 Å². The minimum absolute atomic E-state index is 0.271. The molecule has 2 aromatic rings. The second-order valence-corrected chi connectivity index (χ2v) is 7.74. The van der Waals surface area contributed by atoms with Gasteiger partial charge in [-0.05, 0) is 41.4 Å². The molecule has 0 fully saturated rings. The molecule has 0 atom stereocenters. The molecular formula is C16H22N4O2S2. The van der Waals surface area contributed by atoms with Crippen LogP contribution >= 0.6 is 11.3 Å². The molecular weight excluding hydrogens is 344 g/mol. The van der Waals surface area contributed by atoms with E-state index in [1.807, 2.05) is 18.4 Å². The standard InChI is InChI=1S/C16H22N4O2S2/c1-13-3-5-15(6-4-13)24(21,22)20-9-8-18-16(17-2)19-11-14-7-10-23-12-14/h3-7,10,12,20H,8-9,11H2,1-2H3,(H2,17,18,19). The number of hydrogen-bond donors (Lipinski definition) is 3. The fraction of sp³-hybridized carbons (Fsp3) is 0.312. The lowest BCUT2D eigenvalue weighted by molar-refractivity contribution is 0.580. The molecule has 1 aromatic carbocycles. The number of guanidine groups is 1. The minimum Gasteiger partial charge on any atom is -0.355 e. The van der Waals surface area contributed by atoms with Crippen molar-refractivity contribution in [2.45, 2.75) is 18.4 Å². The Morgan fingerprint density at radius 2 is 1.88 bits per heavy atom. The zero-order chi connectivity index (χ0) is 17.4. The second-order valence-electron chi connectivity index (χ2n) is 5.19. The van der Waals surface area contributed by atoms with Crippen molar-refractivity contribution in [2.75, 3.05) is 20.1 Å². The highest BCUT2D eigenvalue weighted by Gasteiger charge is 2.12. The Labute approximate surface area is 147 Å². The average Bonchev–Trinajstić information content (AvgIpc) is 3.08. The SMILES string of the molecule is CN=C(NCCNS(=O)(=O)c1ccc(C)cc1)NCc1ccsc1. The molecule has 0 saturated carbocycles. The normalized spacial score (nSPS) is 12.2. The van der Waals surface area contributed by atoms with Crippen molar-refractivity contribution >= 4 is 27.3 Å². The van der Waals surface area contributed by atoms with Crippen molar-refractivity contribution < 1.29 is 8.42 Å². The Morgan fingerprint density at radius 1 is 1.12 bits per heavy atom. The maximum absolute atomic E-state index is 12.2. The van der Waals surface area contributed by atoms with E-state index in [-0.39, 0.29) is 11.4 Å². The van der Waals surface area contributed by atoms with E-state index in [2.05, 4.69) is 25.7 Å². The van der Waals surface area contributed by atoms with Crippen LogP contribution in [0.15, 0.2) is 51.0 Å². The van der Waals surface area contributed by atoms with Crippen LogP contribution in [0, 0.1) is 6.92 Å². The van der Waals surface area contributed by atoms with E-state index in [0.29, 0.717) is 19.0 Å². The van der Waals surface area contributed by atoms with E-state index in [9.17, 15) is 8.42 Å². The van der Waals surface area contributed by atoms with Gasteiger partial charge in [-0.3, -0.25) is 4.99 Å². The van der Waals surface area contributed by atoms with E-state index in [4.69, 9.17) is 0 Å². The number of aliphatic imine (C=N–C) groups is 1. The molecule has 24 heavy (non-hydrogen) atoms. The van der Waals surface area contributed by atoms with Gasteiger partial charge >= 0.3 is 0 Å². The fourth-order valence-corrected chi connectivity index (χ4v) is 3.67. The molecule has 6 nitrogen and oxygen atoms in total. The van der Waals surface area contributed by atoms with Crippen molar-refractivity contribution in [3.05, 3.63) is 52.2 Å². The first kappa shape index (κ1) is 18.4. The molecule has 0 spiro atoms. The summed E-state index contributed by atoms with van der Waals surface area (Å²) < 4.78 is 26.9. The lowest BCUT2D eigenvalue weighted by atomic mass is 10.2. The van der Waals surface area contributed by atoms with E-state index in [1.54, 1.807) is 42.6 Å². The predicted molar refractivity (Wildman–Crippen MR) is 98.9 cm³/mol. The topological polar surface area (TPSA) is 82.6 Å². The number of nitrogens with zero attached hydrogens (tertiary/aromatic N) is 1. The summed E-state index contributed by atoms with van der Waals surface area (Å²) >= 11 is 1.64. The molecule has 3 N–H and O–H groups in total. The largest absolute Gasteiger partial charge is 0.355 e. The van der Waals surface area contributed by atoms with Crippen molar-refractivity contribution in [1.82, 2.24) is 15.4 Å². The van der Waals surface area contributed by atoms with E-state index in [0.717, 1.165) is 5.56 Å². The van der Waals surface area contributed by atoms with Gasteiger partial charge in [0.1, 0.15) is 0 Å². The van der Waals surface area contributed by atoms with Gasteiger partial charge in [0, 0.05) is 26.7 Å². The zero-order valence-electron chi connectivity index (χ0n) is 13.7. The first-order valence-corrected chi connectivity index (χ1v) is 9.96. The highest BCUT2D eigenvalue weighted by molar-refractivity contribution is 7.89. The number of nitrogens with one attached hydrogen (secondary N) is 3. The molecule has 1 heterocycles. The van der Waals surface area contributed by atoms with E-state index < -0.39 is 10.0 Å². The Kier molecular flexibility index (Phi) is 6.77. The third kappa shape index (κ3) is 5.63. The fourth-order valence-electron chi connectivity index (χ4n) is 1.97. The van der Waals surface area contributed by atoms with Gasteiger partial charge in [0.2, 0.25) is 10.0 Å². The third-order valence-electron chi connectivity index (χ3n) is 3.30. The summed E-state index contributed by atoms with van der Waals surface area (Å²) in [5.74, 6) is 0.635. The Balaban J connectivity index is 1.75. The molecule has 0 aliphatic heterocycles. The van der Waals surface area contributed by atoms with Gasteiger partial charge in [0.25, 0.3) is 0 Å². The summed E-state index contributed by atoms with van der Waals surface area (Å²) in [7, 11) is -1.80. The second kappa shape index (κ2) is 8.81. The van der Waals surface area contributed by atoms with Gasteiger partial charge < -0.3 is 10.6 Å². The minimum atomic E-state index is -3.48. The summed E-state index contributed by atoms with van der Waals surface area (Å²) in [5.41, 5.74) is 2.21. The summed E-state index contributed by atoms with van der Waals surface area (Å²) in [6.07, 6.45) is 0. The lowest BCUT2D eigenvalue weighted by Gasteiger charge is -2.12. The summed E-state index contributed by atoms with van der Waals surface area (Å²) in [6.45, 7) is 3.31. The summed E-state index contributed by atoms with van der Waals surface area (Å²) in [6, 6.07) is 8.81. The van der Waals surface area contributed by atoms with Crippen LogP contribution in [-0.4, -0.2) is 34.5 Å². The quantitative estimate of drug-likeness (QED) is 0.396. The van der Waals surface area contributed by atoms with E-state index >= 15 is 0 Å². The number of sulfonamides is 1. The molecule has 2 rings (SSSR count). The van der Waals surface area contributed by atoms with Crippen molar-refractivity contribution in [2.24, 2.45) is 4.99 Å². The van der Waals surface area contributed by atoms with Gasteiger partial charge in [-0.15, -0.1) is 0 Å². The molecule has 1 aromatic heterocycles. The number of rotatable bonds is 7. The molecule has 0 amide bonds. The van der Waals surface area contributed by atoms with E-state index in [1.165, 1.54) is 5.56 Å². The number of thiophene rings is 1. The van der Waals surface area contributed by atoms with Crippen LogP contribution in [0.4, 0.5) is 0 Å². The van der Waals surface area contributed by atoms with Gasteiger partial charge in [-0.25, -0.2) is 13.1 Å². The van der Waals surface area contributed by atoms with Gasteiger partial charge in [0.15, 0.2) is 5.96 Å². The van der Waals surface area contributed by atoms with Crippen LogP contribution in [0.1, 0.15) is 11.1 Å². The number of hydrogen-bond acceptors (Lipinski definition) is 4. The lowest BCUT2D eigenvalue weighted by Crippen LogP contribution is -2.41. The Hall–Kier alpha value is -1.90. The average molecular weight is 367 g/mol. The van der Waals surface area contributed by atoms with Crippen LogP contribution in [-0.2, 0) is 16.6 Å². The smallest absolute Gasteiger partial charge is 0.240 e. The molecule has 0 radical (unpaired) electrons. The van der Waals surface area contributed by atoms with Gasteiger partial charge in [-0.1, -0.05) is 17.7 Å². The molecule has 0 aliphatic carbocycles. The maximum atomic E-state index is 12.2. The third-order valence-corrected chi connectivity index (χ3v) is 5.51. The van der Waals surface area contributed by atoms with Crippen LogP contribution in [0.3, 0.4) is 0 Å². The monoisotopic (exact) mass is 366 g/mol. The first-order chi connectivity index (χ1) is 11.5. The first-order valence-electron chi connectivity index (χ1n) is 7.53. The van der Waals surface area contributed by atoms with Crippen LogP contribution < -0.4 is 15.4 Å². The Bertz CT molecular complexity index is 754. The molecule has 0 bridgehead atoms. The highest BCUT2D eigenvalue weighted by atomic mass is 32.2. The predicted octanol–water partition coefficient (Wildman–Crippen LogP) is 1.70. The molecule has 0 aliphatic rings. The number of benzene rings is 1. The van der Waals surface area contributed by atoms with Crippen LogP contribution in [0.25, 0.3) is 0 Å². The maximum Gasteiger partial charge on any atom is 0.240 e. The van der Waals surface area contributed by atoms with Crippen molar-refractivity contribution in [3.63, 3.8) is 0 Å². The highest BCUT2D eigenvalue weighted by Crippen LogP contribution is 2.09. The molecule has 130 valence electrons. The summed E-state index contributed by atoms with van der Waals surface area (Å²) in [4.78, 5) is 4.38. The van der Waals surface area contributed by atoms with Crippen molar-refractivity contribution in [3.8, 4) is 0 Å². The van der Waals surface area contributed by atoms with Crippen LogP contribution in [0.5, 0.6) is 0 Å². The van der Waals surface area contributed by atoms with Crippen molar-refractivity contribution in [1.29, 1.82) is 0 Å². The molecule has 0 saturated heterocycles. The number of aryl methyl sites for hydroxylation is 1. The summed E-state index contributed by atoms with van der Waals surface area (Å²) in [5, 5.41) is 10.3. The van der Waals surface area contributed by atoms with Gasteiger partial charge in [0.05, 0.1) is 4.90 Å². The Morgan fingerprint density at radius 3 is 2.50 bits per heavy atom. The molecule has 0 unspecified atom stereocenters. The van der Waals surface area contributed by atoms with Crippen LogP contribution in [0.2, 0.25) is 0 Å². The zero-order valence-corrected chi connectivity index (χ0v) is 15.4. The molecule has 8 heteroatoms.